The molecule has 0 N–H and O–H groups in total. The molecule has 0 spiro atoms. The molecule has 0 amide bonds. The largest absolute Gasteiger partial charge is 0.380 e. The minimum atomic E-state index is 0.133. The summed E-state index contributed by atoms with van der Waals surface area (Å²) in [6.45, 7) is 0. The van der Waals surface area contributed by atoms with E-state index >= 15 is 0 Å². The number of halogens is 1. The van der Waals surface area contributed by atoms with Gasteiger partial charge < -0.3 is 4.74 Å². The number of hydrogen-bond donors (Lipinski definition) is 0. The molecule has 0 saturated heterocycles. The molecule has 0 bridgehead atoms. The molecule has 0 radical (unpaired) electrons. The smallest absolute Gasteiger partial charge is 0.0746 e. The van der Waals surface area contributed by atoms with Gasteiger partial charge in [0.25, 0.3) is 0 Å². The topological polar surface area (TPSA) is 9.23 Å². The third-order valence-electron chi connectivity index (χ3n) is 1.81. The van der Waals surface area contributed by atoms with Gasteiger partial charge in [-0.3, -0.25) is 0 Å². The lowest BCUT2D eigenvalue weighted by atomic mass is 10.1. The van der Waals surface area contributed by atoms with Gasteiger partial charge in [0.15, 0.2) is 0 Å². The molecule has 1 atom stereocenters. The molecule has 1 nitrogen and oxygen atoms in total. The Bertz CT molecular complexity index is 206. The quantitative estimate of drug-likeness (QED) is 0.654. The van der Waals surface area contributed by atoms with Gasteiger partial charge in [-0.1, -0.05) is 30.3 Å². The first-order valence-electron chi connectivity index (χ1n) is 3.99. The van der Waals surface area contributed by atoms with E-state index in [0.29, 0.717) is 5.88 Å². The van der Waals surface area contributed by atoms with E-state index in [2.05, 4.69) is 12.1 Å². The molecular weight excluding hydrogens is 172 g/mol. The molecular formula is C10H13ClO. The van der Waals surface area contributed by atoms with Crippen LogP contribution in [0.5, 0.6) is 0 Å². The summed E-state index contributed by atoms with van der Waals surface area (Å²) >= 11 is 5.69. The Labute approximate surface area is 78.3 Å². The van der Waals surface area contributed by atoms with Crippen molar-refractivity contribution < 1.29 is 4.74 Å². The van der Waals surface area contributed by atoms with Gasteiger partial charge in [0.05, 0.1) is 6.10 Å². The van der Waals surface area contributed by atoms with Crippen LogP contribution in [0.4, 0.5) is 0 Å². The maximum Gasteiger partial charge on any atom is 0.0746 e. The predicted octanol–water partition coefficient (Wildman–Crippen LogP) is 2.48. The lowest BCUT2D eigenvalue weighted by Gasteiger charge is -2.11. The van der Waals surface area contributed by atoms with E-state index in [9.17, 15) is 0 Å². The summed E-state index contributed by atoms with van der Waals surface area (Å²) < 4.78 is 5.17. The summed E-state index contributed by atoms with van der Waals surface area (Å²) in [7, 11) is 1.69. The number of rotatable bonds is 4. The zero-order valence-corrected chi connectivity index (χ0v) is 7.92. The van der Waals surface area contributed by atoms with Crippen LogP contribution in [-0.2, 0) is 11.2 Å². The molecule has 2 heteroatoms. The van der Waals surface area contributed by atoms with Crippen LogP contribution in [0, 0.1) is 0 Å². The van der Waals surface area contributed by atoms with E-state index < -0.39 is 0 Å². The van der Waals surface area contributed by atoms with Crippen LogP contribution >= 0.6 is 11.6 Å². The third-order valence-corrected chi connectivity index (χ3v) is 2.16. The van der Waals surface area contributed by atoms with Gasteiger partial charge >= 0.3 is 0 Å². The van der Waals surface area contributed by atoms with Crippen LogP contribution in [0.1, 0.15) is 5.56 Å². The monoisotopic (exact) mass is 184 g/mol. The zero-order chi connectivity index (χ0) is 8.81. The molecule has 66 valence electrons. The van der Waals surface area contributed by atoms with E-state index in [-0.39, 0.29) is 6.10 Å². The molecule has 0 aliphatic heterocycles. The molecule has 0 saturated carbocycles. The van der Waals surface area contributed by atoms with Crippen LogP contribution < -0.4 is 0 Å². The minimum Gasteiger partial charge on any atom is -0.380 e. The molecule has 0 fully saturated rings. The Kier molecular flexibility index (Phi) is 4.12. The van der Waals surface area contributed by atoms with Crippen molar-refractivity contribution in [3.63, 3.8) is 0 Å². The van der Waals surface area contributed by atoms with Gasteiger partial charge in [0.2, 0.25) is 0 Å². The number of hydrogen-bond acceptors (Lipinski definition) is 1. The SMILES string of the molecule is COC(CCl)Cc1ccccc1. The van der Waals surface area contributed by atoms with Crippen LogP contribution in [0.3, 0.4) is 0 Å². The Balaban J connectivity index is 2.51. The number of benzene rings is 1. The van der Waals surface area contributed by atoms with Gasteiger partial charge in [-0.2, -0.15) is 0 Å². The number of ether oxygens (including phenoxy) is 1. The second-order valence-corrected chi connectivity index (χ2v) is 3.01. The first kappa shape index (κ1) is 9.56. The Hall–Kier alpha value is -0.530. The summed E-state index contributed by atoms with van der Waals surface area (Å²) in [5.41, 5.74) is 1.27. The van der Waals surface area contributed by atoms with E-state index in [4.69, 9.17) is 16.3 Å². The Morgan fingerprint density at radius 1 is 1.33 bits per heavy atom. The minimum absolute atomic E-state index is 0.133. The molecule has 1 unspecified atom stereocenters. The fourth-order valence-corrected chi connectivity index (χ4v) is 1.31. The second kappa shape index (κ2) is 5.18. The maximum atomic E-state index is 5.69. The fraction of sp³-hybridized carbons (Fsp3) is 0.400. The highest BCUT2D eigenvalue weighted by Crippen LogP contribution is 2.06. The normalized spacial score (nSPS) is 12.8. The molecule has 1 rings (SSSR count). The van der Waals surface area contributed by atoms with E-state index in [1.807, 2.05) is 18.2 Å². The van der Waals surface area contributed by atoms with Crippen molar-refractivity contribution in [2.75, 3.05) is 13.0 Å². The van der Waals surface area contributed by atoms with Crippen LogP contribution in [-0.4, -0.2) is 19.1 Å². The molecule has 12 heavy (non-hydrogen) atoms. The van der Waals surface area contributed by atoms with E-state index in [0.717, 1.165) is 6.42 Å². The molecule has 1 aromatic rings. The van der Waals surface area contributed by atoms with Crippen molar-refractivity contribution in [2.24, 2.45) is 0 Å². The molecule has 0 aliphatic rings. The average molecular weight is 185 g/mol. The highest BCUT2D eigenvalue weighted by atomic mass is 35.5. The van der Waals surface area contributed by atoms with Gasteiger partial charge in [0.1, 0.15) is 0 Å². The summed E-state index contributed by atoms with van der Waals surface area (Å²) in [5, 5.41) is 0. The van der Waals surface area contributed by atoms with Crippen molar-refractivity contribution in [3.05, 3.63) is 35.9 Å². The number of alkyl halides is 1. The Morgan fingerprint density at radius 2 is 2.00 bits per heavy atom. The van der Waals surface area contributed by atoms with Crippen LogP contribution in [0.2, 0.25) is 0 Å². The van der Waals surface area contributed by atoms with Crippen LogP contribution in [0.15, 0.2) is 30.3 Å². The van der Waals surface area contributed by atoms with Gasteiger partial charge in [-0.05, 0) is 12.0 Å². The lowest BCUT2D eigenvalue weighted by molar-refractivity contribution is 0.121. The highest BCUT2D eigenvalue weighted by molar-refractivity contribution is 6.18. The number of methoxy groups -OCH3 is 1. The van der Waals surface area contributed by atoms with E-state index in [1.54, 1.807) is 7.11 Å². The lowest BCUT2D eigenvalue weighted by Crippen LogP contribution is -2.15. The van der Waals surface area contributed by atoms with Gasteiger partial charge in [-0.25, -0.2) is 0 Å². The molecule has 0 aromatic heterocycles. The summed E-state index contributed by atoms with van der Waals surface area (Å²) in [6, 6.07) is 10.2. The third kappa shape index (κ3) is 2.84. The Morgan fingerprint density at radius 3 is 2.50 bits per heavy atom. The maximum absolute atomic E-state index is 5.69. The standard InChI is InChI=1S/C10H13ClO/c1-12-10(8-11)7-9-5-3-2-4-6-9/h2-6,10H,7-8H2,1H3. The van der Waals surface area contributed by atoms with Crippen molar-refractivity contribution in [3.8, 4) is 0 Å². The first-order chi connectivity index (χ1) is 5.86. The zero-order valence-electron chi connectivity index (χ0n) is 7.16. The first-order valence-corrected chi connectivity index (χ1v) is 4.53. The summed E-state index contributed by atoms with van der Waals surface area (Å²) in [4.78, 5) is 0. The molecule has 0 aliphatic carbocycles. The fourth-order valence-electron chi connectivity index (χ4n) is 1.08. The van der Waals surface area contributed by atoms with Gasteiger partial charge in [0, 0.05) is 13.0 Å². The highest BCUT2D eigenvalue weighted by Gasteiger charge is 2.05. The summed E-state index contributed by atoms with van der Waals surface area (Å²) in [6.07, 6.45) is 1.02. The van der Waals surface area contributed by atoms with Crippen molar-refractivity contribution in [1.29, 1.82) is 0 Å². The second-order valence-electron chi connectivity index (χ2n) is 2.70. The summed E-state index contributed by atoms with van der Waals surface area (Å²) in [5.74, 6) is 0.547. The van der Waals surface area contributed by atoms with Crippen molar-refractivity contribution in [1.82, 2.24) is 0 Å². The average Bonchev–Trinajstić information content (AvgIpc) is 2.16. The van der Waals surface area contributed by atoms with Crippen LogP contribution in [0.25, 0.3) is 0 Å². The van der Waals surface area contributed by atoms with E-state index in [1.165, 1.54) is 5.56 Å². The molecule has 0 heterocycles. The van der Waals surface area contributed by atoms with Crippen molar-refractivity contribution in [2.45, 2.75) is 12.5 Å². The van der Waals surface area contributed by atoms with Gasteiger partial charge in [-0.15, -0.1) is 11.6 Å². The predicted molar refractivity (Wildman–Crippen MR) is 51.7 cm³/mol. The molecule has 1 aromatic carbocycles. The van der Waals surface area contributed by atoms with Crippen molar-refractivity contribution >= 4 is 11.6 Å².